The summed E-state index contributed by atoms with van der Waals surface area (Å²) >= 11 is 3.31. The highest BCUT2D eigenvalue weighted by molar-refractivity contribution is 9.10. The molecule has 9 heteroatoms. The fourth-order valence-corrected chi connectivity index (χ4v) is 2.15. The molecule has 0 aliphatic carbocycles. The third kappa shape index (κ3) is 3.63. The quantitative estimate of drug-likeness (QED) is 0.519. The highest BCUT2D eigenvalue weighted by Crippen LogP contribution is 2.35. The normalized spacial score (nSPS) is 10.2. The van der Waals surface area contributed by atoms with E-state index in [2.05, 4.69) is 36.2 Å². The van der Waals surface area contributed by atoms with Crippen molar-refractivity contribution in [1.29, 1.82) is 0 Å². The van der Waals surface area contributed by atoms with Gasteiger partial charge in [-0.1, -0.05) is 15.9 Å². The van der Waals surface area contributed by atoms with E-state index in [1.54, 1.807) is 42.6 Å². The molecule has 2 aromatic heterocycles. The highest BCUT2D eigenvalue weighted by Gasteiger charge is 2.25. The minimum atomic E-state index is -0.590. The van der Waals surface area contributed by atoms with Crippen LogP contribution in [0.5, 0.6) is 11.6 Å². The molecule has 1 aromatic carbocycles. The highest BCUT2D eigenvalue weighted by atomic mass is 79.9. The van der Waals surface area contributed by atoms with Crippen molar-refractivity contribution >= 4 is 33.1 Å². The van der Waals surface area contributed by atoms with Crippen LogP contribution in [0.15, 0.2) is 59.6 Å². The Morgan fingerprint density at radius 2 is 1.96 bits per heavy atom. The van der Waals surface area contributed by atoms with E-state index < -0.39 is 4.92 Å². The molecule has 120 valence electrons. The van der Waals surface area contributed by atoms with Gasteiger partial charge in [-0.25, -0.2) is 4.98 Å². The van der Waals surface area contributed by atoms with Crippen molar-refractivity contribution in [2.45, 2.75) is 0 Å². The summed E-state index contributed by atoms with van der Waals surface area (Å²) in [6.45, 7) is 0. The van der Waals surface area contributed by atoms with E-state index in [4.69, 9.17) is 4.74 Å². The van der Waals surface area contributed by atoms with E-state index in [-0.39, 0.29) is 17.4 Å². The Labute approximate surface area is 144 Å². The van der Waals surface area contributed by atoms with E-state index in [0.29, 0.717) is 11.4 Å². The van der Waals surface area contributed by atoms with Gasteiger partial charge >= 0.3 is 11.6 Å². The molecule has 0 amide bonds. The van der Waals surface area contributed by atoms with Crippen LogP contribution in [0.1, 0.15) is 0 Å². The van der Waals surface area contributed by atoms with Crippen LogP contribution in [0, 0.1) is 10.1 Å². The molecule has 2 heterocycles. The average molecular weight is 388 g/mol. The molecule has 24 heavy (non-hydrogen) atoms. The van der Waals surface area contributed by atoms with Gasteiger partial charge in [0.15, 0.2) is 0 Å². The lowest BCUT2D eigenvalue weighted by molar-refractivity contribution is -0.385. The Kier molecular flexibility index (Phi) is 4.62. The van der Waals surface area contributed by atoms with Crippen molar-refractivity contribution in [3.05, 3.63) is 69.7 Å². The lowest BCUT2D eigenvalue weighted by Gasteiger charge is -2.09. The number of nitro groups is 1. The molecule has 0 fully saturated rings. The van der Waals surface area contributed by atoms with Crippen LogP contribution < -0.4 is 10.1 Å². The molecule has 3 aromatic rings. The van der Waals surface area contributed by atoms with Gasteiger partial charge in [-0.05, 0) is 36.4 Å². The molecule has 0 aliphatic heterocycles. The van der Waals surface area contributed by atoms with Gasteiger partial charge in [0.1, 0.15) is 12.1 Å². The van der Waals surface area contributed by atoms with Crippen molar-refractivity contribution in [2.75, 3.05) is 5.32 Å². The number of rotatable bonds is 5. The molecule has 1 N–H and O–H groups in total. The monoisotopic (exact) mass is 387 g/mol. The first kappa shape index (κ1) is 15.8. The molecular formula is C15H10BrN5O3. The standard InChI is InChI=1S/C15H10BrN5O3/c16-10-3-5-12(6-4-10)24-15-13(21(22)23)14(18-9-19-15)20-11-2-1-7-17-8-11/h1-9H,(H,18,19,20). The van der Waals surface area contributed by atoms with Crippen LogP contribution in [-0.4, -0.2) is 19.9 Å². The summed E-state index contributed by atoms with van der Waals surface area (Å²) in [6.07, 6.45) is 4.32. The third-order valence-electron chi connectivity index (χ3n) is 2.92. The molecule has 0 radical (unpaired) electrons. The summed E-state index contributed by atoms with van der Waals surface area (Å²) in [4.78, 5) is 22.6. The van der Waals surface area contributed by atoms with Crippen molar-refractivity contribution in [3.63, 3.8) is 0 Å². The Bertz CT molecular complexity index is 859. The number of nitrogens with zero attached hydrogens (tertiary/aromatic N) is 4. The summed E-state index contributed by atoms with van der Waals surface area (Å²) in [6, 6.07) is 10.3. The second kappa shape index (κ2) is 7.01. The number of pyridine rings is 1. The van der Waals surface area contributed by atoms with E-state index >= 15 is 0 Å². The van der Waals surface area contributed by atoms with Gasteiger partial charge in [0.25, 0.3) is 0 Å². The molecule has 0 spiro atoms. The van der Waals surface area contributed by atoms with Crippen LogP contribution in [0.25, 0.3) is 0 Å². The minimum absolute atomic E-state index is 0.0233. The predicted molar refractivity (Wildman–Crippen MR) is 90.4 cm³/mol. The molecule has 0 saturated heterocycles. The summed E-state index contributed by atoms with van der Waals surface area (Å²) in [7, 11) is 0. The minimum Gasteiger partial charge on any atom is -0.434 e. The first-order valence-corrected chi connectivity index (χ1v) is 7.52. The molecule has 0 unspecified atom stereocenters. The maximum absolute atomic E-state index is 11.5. The zero-order valence-electron chi connectivity index (χ0n) is 12.1. The van der Waals surface area contributed by atoms with Gasteiger partial charge in [-0.15, -0.1) is 0 Å². The molecule has 3 rings (SSSR count). The number of hydrogen-bond donors (Lipinski definition) is 1. The lowest BCUT2D eigenvalue weighted by atomic mass is 10.3. The van der Waals surface area contributed by atoms with Crippen LogP contribution in [0.2, 0.25) is 0 Å². The zero-order valence-corrected chi connectivity index (χ0v) is 13.7. The number of aromatic nitrogens is 3. The SMILES string of the molecule is O=[N+]([O-])c1c(Nc2cccnc2)ncnc1Oc1ccc(Br)cc1. The molecule has 0 saturated carbocycles. The molecule has 0 bridgehead atoms. The average Bonchev–Trinajstić information content (AvgIpc) is 2.58. The number of ether oxygens (including phenoxy) is 1. The van der Waals surface area contributed by atoms with Crippen molar-refractivity contribution in [3.8, 4) is 11.6 Å². The van der Waals surface area contributed by atoms with E-state index in [9.17, 15) is 10.1 Å². The number of hydrogen-bond acceptors (Lipinski definition) is 7. The second-order valence-electron chi connectivity index (χ2n) is 4.56. The topological polar surface area (TPSA) is 103 Å². The van der Waals surface area contributed by atoms with Gasteiger partial charge in [-0.2, -0.15) is 4.98 Å². The van der Waals surface area contributed by atoms with Crippen LogP contribution >= 0.6 is 15.9 Å². The summed E-state index contributed by atoms with van der Waals surface area (Å²) < 4.78 is 6.40. The smallest absolute Gasteiger partial charge is 0.373 e. The first-order valence-electron chi connectivity index (χ1n) is 6.73. The Morgan fingerprint density at radius 3 is 2.62 bits per heavy atom. The van der Waals surface area contributed by atoms with Gasteiger partial charge in [-0.3, -0.25) is 15.1 Å². The van der Waals surface area contributed by atoms with Gasteiger partial charge < -0.3 is 10.1 Å². The van der Waals surface area contributed by atoms with Gasteiger partial charge in [0.2, 0.25) is 5.82 Å². The molecular weight excluding hydrogens is 378 g/mol. The van der Waals surface area contributed by atoms with Crippen LogP contribution in [0.4, 0.5) is 17.2 Å². The van der Waals surface area contributed by atoms with Crippen LogP contribution in [-0.2, 0) is 0 Å². The number of halogens is 1. The first-order chi connectivity index (χ1) is 11.6. The fourth-order valence-electron chi connectivity index (χ4n) is 1.88. The second-order valence-corrected chi connectivity index (χ2v) is 5.47. The molecule has 0 atom stereocenters. The number of nitrogens with one attached hydrogen (secondary N) is 1. The maximum Gasteiger partial charge on any atom is 0.373 e. The lowest BCUT2D eigenvalue weighted by Crippen LogP contribution is -2.03. The molecule has 8 nitrogen and oxygen atoms in total. The van der Waals surface area contributed by atoms with Gasteiger partial charge in [0, 0.05) is 10.7 Å². The Morgan fingerprint density at radius 1 is 1.17 bits per heavy atom. The van der Waals surface area contributed by atoms with E-state index in [1.165, 1.54) is 12.5 Å². The summed E-state index contributed by atoms with van der Waals surface area (Å²) in [5.74, 6) is 0.297. The summed E-state index contributed by atoms with van der Waals surface area (Å²) in [5, 5.41) is 14.3. The van der Waals surface area contributed by atoms with Gasteiger partial charge in [0.05, 0.1) is 16.8 Å². The predicted octanol–water partition coefficient (Wildman–Crippen LogP) is 4.08. The van der Waals surface area contributed by atoms with E-state index in [0.717, 1.165) is 4.47 Å². The summed E-state index contributed by atoms with van der Waals surface area (Å²) in [5.41, 5.74) is 0.207. The largest absolute Gasteiger partial charge is 0.434 e. The maximum atomic E-state index is 11.5. The van der Waals surface area contributed by atoms with Crippen molar-refractivity contribution < 1.29 is 9.66 Å². The number of benzene rings is 1. The fraction of sp³-hybridized carbons (Fsp3) is 0. The van der Waals surface area contributed by atoms with Crippen molar-refractivity contribution in [1.82, 2.24) is 15.0 Å². The van der Waals surface area contributed by atoms with E-state index in [1.807, 2.05) is 0 Å². The molecule has 0 aliphatic rings. The van der Waals surface area contributed by atoms with Crippen molar-refractivity contribution in [2.24, 2.45) is 0 Å². The van der Waals surface area contributed by atoms with Crippen LogP contribution in [0.3, 0.4) is 0 Å². The Hall–Kier alpha value is -3.07. The number of anilines is 2. The zero-order chi connectivity index (χ0) is 16.9. The Balaban J connectivity index is 1.96. The third-order valence-corrected chi connectivity index (χ3v) is 3.45.